The summed E-state index contributed by atoms with van der Waals surface area (Å²) >= 11 is 5.86. The Kier molecular flexibility index (Phi) is 3.91. The minimum Gasteiger partial charge on any atom is -0.367 e. The molecule has 1 aliphatic rings. The summed E-state index contributed by atoms with van der Waals surface area (Å²) in [5, 5.41) is 13.6. The molecule has 0 saturated heterocycles. The fraction of sp³-hybridized carbons (Fsp3) is 0.500. The van der Waals surface area contributed by atoms with Gasteiger partial charge < -0.3 is 5.32 Å². The Bertz CT molecular complexity index is 397. The standard InChI is InChI=1S/C14H17ClN2/c15-12-5-7-13(8-6-12)17-14(11-16)9-3-1-2-4-10-14/h5-8,17H,1-4,9-10H2. The van der Waals surface area contributed by atoms with Gasteiger partial charge in [-0.05, 0) is 37.1 Å². The van der Waals surface area contributed by atoms with E-state index in [9.17, 15) is 5.26 Å². The number of hydrogen-bond donors (Lipinski definition) is 1. The molecule has 2 rings (SSSR count). The third-order valence-electron chi connectivity index (χ3n) is 3.40. The minimum atomic E-state index is -0.385. The molecule has 0 atom stereocenters. The van der Waals surface area contributed by atoms with Gasteiger partial charge in [-0.15, -0.1) is 0 Å². The van der Waals surface area contributed by atoms with E-state index >= 15 is 0 Å². The van der Waals surface area contributed by atoms with Gasteiger partial charge in [0.1, 0.15) is 5.54 Å². The second-order valence-electron chi connectivity index (χ2n) is 4.74. The van der Waals surface area contributed by atoms with E-state index in [-0.39, 0.29) is 5.54 Å². The first-order valence-electron chi connectivity index (χ1n) is 6.19. The molecular formula is C14H17ClN2. The Morgan fingerprint density at radius 3 is 2.18 bits per heavy atom. The topological polar surface area (TPSA) is 35.8 Å². The molecule has 0 unspecified atom stereocenters. The Balaban J connectivity index is 2.13. The van der Waals surface area contributed by atoms with Crippen molar-refractivity contribution in [3.8, 4) is 6.07 Å². The lowest BCUT2D eigenvalue weighted by Gasteiger charge is -2.27. The van der Waals surface area contributed by atoms with Crippen LogP contribution in [0.15, 0.2) is 24.3 Å². The predicted octanol–water partition coefficient (Wildman–Crippen LogP) is 4.37. The van der Waals surface area contributed by atoms with Gasteiger partial charge in [0.05, 0.1) is 6.07 Å². The monoisotopic (exact) mass is 248 g/mol. The van der Waals surface area contributed by atoms with Crippen LogP contribution >= 0.6 is 11.6 Å². The van der Waals surface area contributed by atoms with Crippen molar-refractivity contribution in [3.63, 3.8) is 0 Å². The lowest BCUT2D eigenvalue weighted by Crippen LogP contribution is -2.35. The maximum Gasteiger partial charge on any atom is 0.125 e. The number of benzene rings is 1. The lowest BCUT2D eigenvalue weighted by molar-refractivity contribution is 0.510. The zero-order valence-corrected chi connectivity index (χ0v) is 10.6. The van der Waals surface area contributed by atoms with Gasteiger partial charge in [-0.1, -0.05) is 37.3 Å². The number of halogens is 1. The summed E-state index contributed by atoms with van der Waals surface area (Å²) in [7, 11) is 0. The highest BCUT2D eigenvalue weighted by Gasteiger charge is 2.30. The van der Waals surface area contributed by atoms with Crippen LogP contribution in [0, 0.1) is 11.3 Å². The van der Waals surface area contributed by atoms with E-state index < -0.39 is 0 Å². The first-order chi connectivity index (χ1) is 8.24. The third-order valence-corrected chi connectivity index (χ3v) is 3.65. The smallest absolute Gasteiger partial charge is 0.125 e. The van der Waals surface area contributed by atoms with Crippen LogP contribution in [0.4, 0.5) is 5.69 Å². The van der Waals surface area contributed by atoms with Crippen molar-refractivity contribution in [2.45, 2.75) is 44.1 Å². The molecule has 0 spiro atoms. The second-order valence-corrected chi connectivity index (χ2v) is 5.18. The molecule has 0 amide bonds. The van der Waals surface area contributed by atoms with Gasteiger partial charge in [0.15, 0.2) is 0 Å². The van der Waals surface area contributed by atoms with Crippen molar-refractivity contribution in [2.75, 3.05) is 5.32 Å². The number of nitrogens with zero attached hydrogens (tertiary/aromatic N) is 1. The number of nitriles is 1. The van der Waals surface area contributed by atoms with Crippen LogP contribution in [0.1, 0.15) is 38.5 Å². The number of rotatable bonds is 2. The molecule has 0 radical (unpaired) electrons. The summed E-state index contributed by atoms with van der Waals surface area (Å²) in [4.78, 5) is 0. The van der Waals surface area contributed by atoms with Crippen LogP contribution < -0.4 is 5.32 Å². The zero-order valence-electron chi connectivity index (χ0n) is 9.88. The van der Waals surface area contributed by atoms with Gasteiger partial charge in [-0.2, -0.15) is 5.26 Å². The summed E-state index contributed by atoms with van der Waals surface area (Å²) in [6, 6.07) is 10.1. The van der Waals surface area contributed by atoms with E-state index in [4.69, 9.17) is 11.6 Å². The third kappa shape index (κ3) is 3.14. The molecule has 3 heteroatoms. The molecule has 2 nitrogen and oxygen atoms in total. The molecule has 17 heavy (non-hydrogen) atoms. The summed E-state index contributed by atoms with van der Waals surface area (Å²) < 4.78 is 0. The second kappa shape index (κ2) is 5.42. The molecule has 1 fully saturated rings. The fourth-order valence-electron chi connectivity index (χ4n) is 2.41. The van der Waals surface area contributed by atoms with Crippen molar-refractivity contribution < 1.29 is 0 Å². The Morgan fingerprint density at radius 1 is 1.06 bits per heavy atom. The van der Waals surface area contributed by atoms with Crippen molar-refractivity contribution in [2.24, 2.45) is 0 Å². The lowest BCUT2D eigenvalue weighted by atomic mass is 9.91. The highest BCUT2D eigenvalue weighted by Crippen LogP contribution is 2.30. The van der Waals surface area contributed by atoms with Crippen molar-refractivity contribution in [1.82, 2.24) is 0 Å². The molecular weight excluding hydrogens is 232 g/mol. The highest BCUT2D eigenvalue weighted by molar-refractivity contribution is 6.30. The summed E-state index contributed by atoms with van der Waals surface area (Å²) in [5.41, 5.74) is 0.600. The van der Waals surface area contributed by atoms with Gasteiger partial charge in [0.2, 0.25) is 0 Å². The van der Waals surface area contributed by atoms with Crippen LogP contribution in [-0.2, 0) is 0 Å². The van der Waals surface area contributed by atoms with E-state index in [2.05, 4.69) is 11.4 Å². The van der Waals surface area contributed by atoms with Crippen LogP contribution in [0.3, 0.4) is 0 Å². The van der Waals surface area contributed by atoms with Gasteiger partial charge >= 0.3 is 0 Å². The quantitative estimate of drug-likeness (QED) is 0.789. The maximum atomic E-state index is 9.44. The molecule has 90 valence electrons. The number of nitrogens with one attached hydrogen (secondary N) is 1. The average molecular weight is 249 g/mol. The zero-order chi connectivity index (χ0) is 12.1. The predicted molar refractivity (Wildman–Crippen MR) is 71.1 cm³/mol. The van der Waals surface area contributed by atoms with Crippen molar-refractivity contribution in [1.29, 1.82) is 5.26 Å². The van der Waals surface area contributed by atoms with Gasteiger partial charge in [0.25, 0.3) is 0 Å². The van der Waals surface area contributed by atoms with E-state index in [0.29, 0.717) is 0 Å². The molecule has 0 bridgehead atoms. The molecule has 0 aliphatic heterocycles. The fourth-order valence-corrected chi connectivity index (χ4v) is 2.53. The van der Waals surface area contributed by atoms with Crippen LogP contribution in [0.5, 0.6) is 0 Å². The molecule has 0 heterocycles. The molecule has 1 saturated carbocycles. The SMILES string of the molecule is N#CC1(Nc2ccc(Cl)cc2)CCCCCC1. The summed E-state index contributed by atoms with van der Waals surface area (Å²) in [6.07, 6.45) is 6.62. The van der Waals surface area contributed by atoms with E-state index in [1.807, 2.05) is 24.3 Å². The van der Waals surface area contributed by atoms with Crippen LogP contribution in [0.25, 0.3) is 0 Å². The van der Waals surface area contributed by atoms with Crippen molar-refractivity contribution in [3.05, 3.63) is 29.3 Å². The molecule has 1 N–H and O–H groups in total. The number of hydrogen-bond acceptors (Lipinski definition) is 2. The van der Waals surface area contributed by atoms with Gasteiger partial charge in [0, 0.05) is 10.7 Å². The normalized spacial score (nSPS) is 19.1. The van der Waals surface area contributed by atoms with Crippen molar-refractivity contribution >= 4 is 17.3 Å². The summed E-state index contributed by atoms with van der Waals surface area (Å²) in [6.45, 7) is 0. The Labute approximate surface area is 108 Å². The van der Waals surface area contributed by atoms with Crippen LogP contribution in [-0.4, -0.2) is 5.54 Å². The molecule has 1 aliphatic carbocycles. The van der Waals surface area contributed by atoms with E-state index in [1.54, 1.807) is 0 Å². The van der Waals surface area contributed by atoms with Gasteiger partial charge in [-0.25, -0.2) is 0 Å². The average Bonchev–Trinajstić information content (AvgIpc) is 2.58. The Hall–Kier alpha value is -1.20. The van der Waals surface area contributed by atoms with Crippen LogP contribution in [0.2, 0.25) is 5.02 Å². The molecule has 0 aromatic heterocycles. The first kappa shape index (κ1) is 12.3. The van der Waals surface area contributed by atoms with E-state index in [0.717, 1.165) is 36.4 Å². The first-order valence-corrected chi connectivity index (χ1v) is 6.57. The van der Waals surface area contributed by atoms with E-state index in [1.165, 1.54) is 12.8 Å². The number of anilines is 1. The molecule has 1 aromatic rings. The molecule has 1 aromatic carbocycles. The Morgan fingerprint density at radius 2 is 1.65 bits per heavy atom. The van der Waals surface area contributed by atoms with Gasteiger partial charge in [-0.3, -0.25) is 0 Å². The summed E-state index contributed by atoms with van der Waals surface area (Å²) in [5.74, 6) is 0. The minimum absolute atomic E-state index is 0.385. The largest absolute Gasteiger partial charge is 0.367 e. The maximum absolute atomic E-state index is 9.44. The highest BCUT2D eigenvalue weighted by atomic mass is 35.5.